The SMILES string of the molecule is CCCN(C(=O)NC1CC1)C1(CN)CCC(CC)CC1. The first-order valence-electron chi connectivity index (χ1n) is 8.43. The van der Waals surface area contributed by atoms with Crippen molar-refractivity contribution in [3.63, 3.8) is 0 Å². The second-order valence-corrected chi connectivity index (χ2v) is 6.66. The van der Waals surface area contributed by atoms with Crippen molar-refractivity contribution >= 4 is 6.03 Å². The zero-order chi connectivity index (χ0) is 14.6. The number of amides is 2. The van der Waals surface area contributed by atoms with Gasteiger partial charge in [-0.15, -0.1) is 0 Å². The summed E-state index contributed by atoms with van der Waals surface area (Å²) in [6, 6.07) is 0.540. The summed E-state index contributed by atoms with van der Waals surface area (Å²) in [5, 5.41) is 3.15. The van der Waals surface area contributed by atoms with E-state index in [1.807, 2.05) is 0 Å². The van der Waals surface area contributed by atoms with E-state index in [0.717, 1.165) is 44.6 Å². The van der Waals surface area contributed by atoms with E-state index in [0.29, 0.717) is 12.6 Å². The van der Waals surface area contributed by atoms with Crippen LogP contribution in [0.15, 0.2) is 0 Å². The Morgan fingerprint density at radius 2 is 1.90 bits per heavy atom. The second kappa shape index (κ2) is 6.79. The Morgan fingerprint density at radius 3 is 2.35 bits per heavy atom. The molecular formula is C16H31N3O. The highest BCUT2D eigenvalue weighted by Crippen LogP contribution is 2.37. The van der Waals surface area contributed by atoms with Crippen molar-refractivity contribution < 1.29 is 4.79 Å². The minimum absolute atomic E-state index is 0.0966. The van der Waals surface area contributed by atoms with E-state index >= 15 is 0 Å². The smallest absolute Gasteiger partial charge is 0.318 e. The predicted molar refractivity (Wildman–Crippen MR) is 82.6 cm³/mol. The first kappa shape index (κ1) is 15.6. The van der Waals surface area contributed by atoms with Gasteiger partial charge in [0.2, 0.25) is 0 Å². The monoisotopic (exact) mass is 281 g/mol. The number of hydrogen-bond acceptors (Lipinski definition) is 2. The molecule has 0 aromatic rings. The number of nitrogens with two attached hydrogens (primary N) is 1. The van der Waals surface area contributed by atoms with Crippen LogP contribution in [-0.2, 0) is 0 Å². The summed E-state index contributed by atoms with van der Waals surface area (Å²) in [7, 11) is 0. The van der Waals surface area contributed by atoms with Gasteiger partial charge >= 0.3 is 6.03 Å². The third-order valence-electron chi connectivity index (χ3n) is 5.16. The maximum absolute atomic E-state index is 12.6. The molecule has 0 spiro atoms. The Balaban J connectivity index is 2.05. The summed E-state index contributed by atoms with van der Waals surface area (Å²) < 4.78 is 0. The molecule has 4 heteroatoms. The summed E-state index contributed by atoms with van der Waals surface area (Å²) in [6.07, 6.45) is 9.09. The van der Waals surface area contributed by atoms with Crippen molar-refractivity contribution in [3.05, 3.63) is 0 Å². The zero-order valence-electron chi connectivity index (χ0n) is 13.2. The summed E-state index contributed by atoms with van der Waals surface area (Å²) >= 11 is 0. The van der Waals surface area contributed by atoms with Crippen molar-refractivity contribution in [3.8, 4) is 0 Å². The molecule has 0 aromatic heterocycles. The van der Waals surface area contributed by atoms with E-state index in [1.54, 1.807) is 0 Å². The van der Waals surface area contributed by atoms with Crippen LogP contribution >= 0.6 is 0 Å². The minimum atomic E-state index is -0.0966. The van der Waals surface area contributed by atoms with Crippen molar-refractivity contribution in [2.45, 2.75) is 76.8 Å². The first-order valence-corrected chi connectivity index (χ1v) is 8.43. The number of carbonyl (C=O) groups excluding carboxylic acids is 1. The number of rotatable bonds is 6. The summed E-state index contributed by atoms with van der Waals surface area (Å²) in [5.41, 5.74) is 6.02. The van der Waals surface area contributed by atoms with E-state index in [1.165, 1.54) is 19.3 Å². The van der Waals surface area contributed by atoms with E-state index in [4.69, 9.17) is 5.73 Å². The second-order valence-electron chi connectivity index (χ2n) is 6.66. The Bertz CT molecular complexity index is 320. The lowest BCUT2D eigenvalue weighted by molar-refractivity contribution is 0.0676. The van der Waals surface area contributed by atoms with Gasteiger partial charge in [0.1, 0.15) is 0 Å². The standard InChI is InChI=1S/C16H31N3O/c1-3-11-19(15(20)18-14-5-6-14)16(12-17)9-7-13(4-2)8-10-16/h13-14H,3-12,17H2,1-2H3,(H,18,20). The fourth-order valence-corrected chi connectivity index (χ4v) is 3.47. The number of urea groups is 1. The molecule has 0 unspecified atom stereocenters. The molecule has 20 heavy (non-hydrogen) atoms. The van der Waals surface area contributed by atoms with Gasteiger partial charge in [0.25, 0.3) is 0 Å². The van der Waals surface area contributed by atoms with Crippen molar-refractivity contribution in [1.82, 2.24) is 10.2 Å². The maximum Gasteiger partial charge on any atom is 0.318 e. The van der Waals surface area contributed by atoms with Gasteiger partial charge < -0.3 is 16.0 Å². The molecule has 2 aliphatic rings. The van der Waals surface area contributed by atoms with E-state index < -0.39 is 0 Å². The van der Waals surface area contributed by atoms with Crippen LogP contribution in [0.2, 0.25) is 0 Å². The highest BCUT2D eigenvalue weighted by molar-refractivity contribution is 5.76. The van der Waals surface area contributed by atoms with Crippen LogP contribution in [0, 0.1) is 5.92 Å². The topological polar surface area (TPSA) is 58.4 Å². The maximum atomic E-state index is 12.6. The van der Waals surface area contributed by atoms with Gasteiger partial charge in [-0.1, -0.05) is 20.3 Å². The zero-order valence-corrected chi connectivity index (χ0v) is 13.2. The molecule has 3 N–H and O–H groups in total. The Labute approximate surface area is 123 Å². The van der Waals surface area contributed by atoms with Crippen LogP contribution in [0.5, 0.6) is 0 Å². The van der Waals surface area contributed by atoms with Crippen LogP contribution in [0.3, 0.4) is 0 Å². The Morgan fingerprint density at radius 1 is 1.25 bits per heavy atom. The molecule has 0 aromatic carbocycles. The number of carbonyl (C=O) groups is 1. The fourth-order valence-electron chi connectivity index (χ4n) is 3.47. The highest BCUT2D eigenvalue weighted by Gasteiger charge is 2.42. The van der Waals surface area contributed by atoms with Crippen LogP contribution in [-0.4, -0.2) is 35.6 Å². The quantitative estimate of drug-likeness (QED) is 0.786. The van der Waals surface area contributed by atoms with Gasteiger partial charge in [-0.25, -0.2) is 4.79 Å². The lowest BCUT2D eigenvalue weighted by Crippen LogP contribution is -2.60. The molecule has 4 nitrogen and oxygen atoms in total. The van der Waals surface area contributed by atoms with Gasteiger partial charge in [0.05, 0.1) is 5.54 Å². The van der Waals surface area contributed by atoms with Gasteiger partial charge in [0, 0.05) is 19.1 Å². The molecule has 2 amide bonds. The number of nitrogens with one attached hydrogen (secondary N) is 1. The predicted octanol–water partition coefficient (Wildman–Crippen LogP) is 2.87. The minimum Gasteiger partial charge on any atom is -0.335 e. The van der Waals surface area contributed by atoms with Gasteiger partial charge in [-0.2, -0.15) is 0 Å². The molecule has 2 saturated carbocycles. The van der Waals surface area contributed by atoms with Gasteiger partial charge in [-0.3, -0.25) is 0 Å². The van der Waals surface area contributed by atoms with Crippen LogP contribution in [0.1, 0.15) is 65.2 Å². The summed E-state index contributed by atoms with van der Waals surface area (Å²) in [6.45, 7) is 5.83. The molecule has 116 valence electrons. The Kier molecular flexibility index (Phi) is 5.30. The van der Waals surface area contributed by atoms with Crippen molar-refractivity contribution in [1.29, 1.82) is 0 Å². The van der Waals surface area contributed by atoms with Gasteiger partial charge in [-0.05, 0) is 50.9 Å². The third kappa shape index (κ3) is 3.46. The molecule has 0 atom stereocenters. The molecule has 0 saturated heterocycles. The molecular weight excluding hydrogens is 250 g/mol. The lowest BCUT2D eigenvalue weighted by atomic mass is 9.74. The molecule has 2 fully saturated rings. The molecule has 0 aliphatic heterocycles. The highest BCUT2D eigenvalue weighted by atomic mass is 16.2. The third-order valence-corrected chi connectivity index (χ3v) is 5.16. The van der Waals surface area contributed by atoms with Crippen LogP contribution in [0.4, 0.5) is 4.79 Å². The molecule has 0 bridgehead atoms. The fraction of sp³-hybridized carbons (Fsp3) is 0.938. The summed E-state index contributed by atoms with van der Waals surface area (Å²) in [4.78, 5) is 14.6. The van der Waals surface area contributed by atoms with Crippen LogP contribution in [0.25, 0.3) is 0 Å². The Hall–Kier alpha value is -0.770. The molecule has 0 radical (unpaired) electrons. The van der Waals surface area contributed by atoms with E-state index in [9.17, 15) is 4.79 Å². The largest absolute Gasteiger partial charge is 0.335 e. The number of hydrogen-bond donors (Lipinski definition) is 2. The average molecular weight is 281 g/mol. The van der Waals surface area contributed by atoms with E-state index in [2.05, 4.69) is 24.1 Å². The van der Waals surface area contributed by atoms with Crippen LogP contribution < -0.4 is 11.1 Å². The normalized spacial score (nSPS) is 30.1. The average Bonchev–Trinajstić information content (AvgIpc) is 3.28. The number of nitrogens with zero attached hydrogens (tertiary/aromatic N) is 1. The van der Waals surface area contributed by atoms with Crippen molar-refractivity contribution in [2.24, 2.45) is 11.7 Å². The van der Waals surface area contributed by atoms with Crippen molar-refractivity contribution in [2.75, 3.05) is 13.1 Å². The van der Waals surface area contributed by atoms with E-state index in [-0.39, 0.29) is 11.6 Å². The lowest BCUT2D eigenvalue weighted by Gasteiger charge is -2.47. The molecule has 0 heterocycles. The first-order chi connectivity index (χ1) is 9.65. The molecule has 2 aliphatic carbocycles. The molecule has 2 rings (SSSR count). The summed E-state index contributed by atoms with van der Waals surface area (Å²) in [5.74, 6) is 0.824. The van der Waals surface area contributed by atoms with Gasteiger partial charge in [0.15, 0.2) is 0 Å².